The largest absolute Gasteiger partial charge is 0.361 e. The van der Waals surface area contributed by atoms with E-state index in [0.29, 0.717) is 28.1 Å². The van der Waals surface area contributed by atoms with Crippen LogP contribution in [0.2, 0.25) is 10.0 Å². The monoisotopic (exact) mass is 464 g/mol. The summed E-state index contributed by atoms with van der Waals surface area (Å²) in [5.41, 5.74) is 4.41. The van der Waals surface area contributed by atoms with Crippen LogP contribution in [0.5, 0.6) is 0 Å². The number of hydrogen-bond acceptors (Lipinski definition) is 2. The molecule has 0 fully saturated rings. The number of halogens is 2. The molecule has 162 valence electrons. The maximum atomic E-state index is 12.8. The summed E-state index contributed by atoms with van der Waals surface area (Å²) in [5, 5.41) is 8.47. The van der Waals surface area contributed by atoms with Gasteiger partial charge in [0.15, 0.2) is 0 Å². The number of carbonyl (C=O) groups is 1. The average Bonchev–Trinajstić information content (AvgIpc) is 3.20. The number of aliphatic imine (C=N–C) groups is 1. The van der Waals surface area contributed by atoms with Crippen LogP contribution in [0.3, 0.4) is 0 Å². The van der Waals surface area contributed by atoms with Gasteiger partial charge in [0.2, 0.25) is 5.96 Å². The lowest BCUT2D eigenvalue weighted by atomic mass is 10.1. The van der Waals surface area contributed by atoms with Crippen molar-refractivity contribution in [3.8, 4) is 0 Å². The van der Waals surface area contributed by atoms with Gasteiger partial charge < -0.3 is 10.3 Å². The molecule has 3 aromatic carbocycles. The Labute approximate surface area is 196 Å². The van der Waals surface area contributed by atoms with Crippen molar-refractivity contribution >= 4 is 51.7 Å². The minimum absolute atomic E-state index is 0.278. The molecule has 7 heteroatoms. The zero-order valence-electron chi connectivity index (χ0n) is 17.5. The van der Waals surface area contributed by atoms with Gasteiger partial charge in [-0.25, -0.2) is 0 Å². The van der Waals surface area contributed by atoms with Gasteiger partial charge in [-0.1, -0.05) is 47.5 Å². The van der Waals surface area contributed by atoms with Crippen LogP contribution in [0.15, 0.2) is 77.9 Å². The first-order valence-corrected chi connectivity index (χ1v) is 11.0. The minimum atomic E-state index is -0.278. The fourth-order valence-electron chi connectivity index (χ4n) is 3.39. The first kappa shape index (κ1) is 21.9. The number of aromatic amines is 1. The van der Waals surface area contributed by atoms with E-state index in [9.17, 15) is 4.79 Å². The molecule has 1 aromatic heterocycles. The van der Waals surface area contributed by atoms with Crippen molar-refractivity contribution in [3.63, 3.8) is 0 Å². The number of para-hydroxylation sites is 1. The SMILES string of the molecule is Cc1c(Cl)cccc1NC(=NCCc1c[nH]c2ccccc12)NC(=O)c1ccc(Cl)cc1. The summed E-state index contributed by atoms with van der Waals surface area (Å²) in [6, 6.07) is 20.4. The number of nitrogens with zero attached hydrogens (tertiary/aromatic N) is 1. The van der Waals surface area contributed by atoms with Crippen LogP contribution >= 0.6 is 23.2 Å². The van der Waals surface area contributed by atoms with Gasteiger partial charge in [0, 0.05) is 44.9 Å². The number of hydrogen-bond donors (Lipinski definition) is 3. The van der Waals surface area contributed by atoms with Crippen molar-refractivity contribution in [3.05, 3.63) is 99.7 Å². The van der Waals surface area contributed by atoms with E-state index < -0.39 is 0 Å². The number of rotatable bonds is 5. The number of aromatic nitrogens is 1. The molecule has 0 aliphatic heterocycles. The molecule has 4 aromatic rings. The van der Waals surface area contributed by atoms with Crippen molar-refractivity contribution in [1.82, 2.24) is 10.3 Å². The number of H-pyrrole nitrogens is 1. The van der Waals surface area contributed by atoms with Crippen molar-refractivity contribution in [2.45, 2.75) is 13.3 Å². The van der Waals surface area contributed by atoms with Crippen LogP contribution in [0.4, 0.5) is 5.69 Å². The number of amides is 1. The molecule has 0 atom stereocenters. The Bertz CT molecular complexity index is 1280. The number of fused-ring (bicyclic) bond motifs is 1. The zero-order valence-corrected chi connectivity index (χ0v) is 19.0. The smallest absolute Gasteiger partial charge is 0.257 e. The molecule has 4 rings (SSSR count). The van der Waals surface area contributed by atoms with Crippen molar-refractivity contribution in [2.75, 3.05) is 11.9 Å². The maximum Gasteiger partial charge on any atom is 0.257 e. The van der Waals surface area contributed by atoms with Crippen LogP contribution in [0, 0.1) is 6.92 Å². The van der Waals surface area contributed by atoms with E-state index in [2.05, 4.69) is 26.7 Å². The number of guanidine groups is 1. The van der Waals surface area contributed by atoms with Gasteiger partial charge in [-0.05, 0) is 66.9 Å². The summed E-state index contributed by atoms with van der Waals surface area (Å²) >= 11 is 12.2. The molecular formula is C25H22Cl2N4O. The summed E-state index contributed by atoms with van der Waals surface area (Å²) in [7, 11) is 0. The molecule has 0 radical (unpaired) electrons. The Kier molecular flexibility index (Phi) is 6.78. The van der Waals surface area contributed by atoms with Crippen molar-refractivity contribution in [2.24, 2.45) is 4.99 Å². The predicted molar refractivity (Wildman–Crippen MR) is 133 cm³/mol. The van der Waals surface area contributed by atoms with Crippen LogP contribution < -0.4 is 10.6 Å². The highest BCUT2D eigenvalue weighted by Gasteiger charge is 2.11. The Morgan fingerprint density at radius 3 is 2.59 bits per heavy atom. The molecule has 0 aliphatic rings. The molecule has 0 saturated carbocycles. The fourth-order valence-corrected chi connectivity index (χ4v) is 3.69. The van der Waals surface area contributed by atoms with Gasteiger partial charge in [0.1, 0.15) is 0 Å². The lowest BCUT2D eigenvalue weighted by Gasteiger charge is -2.14. The second-order valence-corrected chi connectivity index (χ2v) is 8.18. The van der Waals surface area contributed by atoms with Gasteiger partial charge in [-0.15, -0.1) is 0 Å². The molecule has 0 unspecified atom stereocenters. The topological polar surface area (TPSA) is 69.3 Å². The van der Waals surface area contributed by atoms with E-state index in [1.807, 2.05) is 49.5 Å². The van der Waals surface area contributed by atoms with Crippen molar-refractivity contribution in [1.29, 1.82) is 0 Å². The molecule has 0 saturated heterocycles. The average molecular weight is 465 g/mol. The summed E-state index contributed by atoms with van der Waals surface area (Å²) < 4.78 is 0. The highest BCUT2D eigenvalue weighted by atomic mass is 35.5. The Morgan fingerprint density at radius 1 is 1.00 bits per heavy atom. The van der Waals surface area contributed by atoms with Gasteiger partial charge in [0.05, 0.1) is 0 Å². The fraction of sp³-hybridized carbons (Fsp3) is 0.120. The van der Waals surface area contributed by atoms with E-state index in [1.54, 1.807) is 24.3 Å². The standard InChI is InChI=1S/C25H22Cl2N4O/c1-16-21(27)6-4-8-22(16)30-25(31-24(32)17-9-11-19(26)12-10-17)28-14-13-18-15-29-23-7-3-2-5-20(18)23/h2-12,15,29H,13-14H2,1H3,(H2,28,30,31,32). The van der Waals surface area contributed by atoms with E-state index in [0.717, 1.165) is 23.2 Å². The number of anilines is 1. The van der Waals surface area contributed by atoms with E-state index >= 15 is 0 Å². The lowest BCUT2D eigenvalue weighted by molar-refractivity contribution is 0.0977. The highest BCUT2D eigenvalue weighted by Crippen LogP contribution is 2.23. The van der Waals surface area contributed by atoms with Gasteiger partial charge in [0.25, 0.3) is 5.91 Å². The molecule has 5 nitrogen and oxygen atoms in total. The van der Waals surface area contributed by atoms with Gasteiger partial charge in [-0.3, -0.25) is 15.1 Å². The molecule has 3 N–H and O–H groups in total. The summed E-state index contributed by atoms with van der Waals surface area (Å²) in [6.07, 6.45) is 2.72. The third-order valence-corrected chi connectivity index (χ3v) is 5.85. The molecule has 1 amide bonds. The summed E-state index contributed by atoms with van der Waals surface area (Å²) in [6.45, 7) is 2.40. The number of carbonyl (C=O) groups excluding carboxylic acids is 1. The maximum absolute atomic E-state index is 12.8. The highest BCUT2D eigenvalue weighted by molar-refractivity contribution is 6.32. The first-order chi connectivity index (χ1) is 15.5. The first-order valence-electron chi connectivity index (χ1n) is 10.2. The molecule has 32 heavy (non-hydrogen) atoms. The molecule has 0 spiro atoms. The van der Waals surface area contributed by atoms with Crippen LogP contribution in [0.25, 0.3) is 10.9 Å². The number of benzene rings is 3. The molecule has 0 aliphatic carbocycles. The van der Waals surface area contributed by atoms with Crippen LogP contribution in [-0.4, -0.2) is 23.4 Å². The second-order valence-electron chi connectivity index (χ2n) is 7.34. The summed E-state index contributed by atoms with van der Waals surface area (Å²) in [4.78, 5) is 20.7. The third-order valence-electron chi connectivity index (χ3n) is 5.19. The Hall–Kier alpha value is -3.28. The van der Waals surface area contributed by atoms with Crippen LogP contribution in [0.1, 0.15) is 21.5 Å². The Morgan fingerprint density at radius 2 is 1.78 bits per heavy atom. The quantitative estimate of drug-likeness (QED) is 0.242. The van der Waals surface area contributed by atoms with E-state index in [-0.39, 0.29) is 5.91 Å². The lowest BCUT2D eigenvalue weighted by Crippen LogP contribution is -2.36. The Balaban J connectivity index is 1.55. The predicted octanol–water partition coefficient (Wildman–Crippen LogP) is 6.22. The zero-order chi connectivity index (χ0) is 22.5. The molecule has 0 bridgehead atoms. The van der Waals surface area contributed by atoms with E-state index in [1.165, 1.54) is 10.9 Å². The second kappa shape index (κ2) is 9.90. The molecule has 1 heterocycles. The molecular weight excluding hydrogens is 443 g/mol. The van der Waals surface area contributed by atoms with Crippen molar-refractivity contribution < 1.29 is 4.79 Å². The normalized spacial score (nSPS) is 11.5. The van der Waals surface area contributed by atoms with Gasteiger partial charge >= 0.3 is 0 Å². The number of nitrogens with one attached hydrogen (secondary N) is 3. The third kappa shape index (κ3) is 5.13. The minimum Gasteiger partial charge on any atom is -0.361 e. The summed E-state index contributed by atoms with van der Waals surface area (Å²) in [5.74, 6) is 0.0786. The van der Waals surface area contributed by atoms with E-state index in [4.69, 9.17) is 23.2 Å². The van der Waals surface area contributed by atoms with Gasteiger partial charge in [-0.2, -0.15) is 0 Å². The van der Waals surface area contributed by atoms with Crippen LogP contribution in [-0.2, 0) is 6.42 Å².